The molecule has 2 aromatic carbocycles. The van der Waals surface area contributed by atoms with E-state index in [0.717, 1.165) is 43.7 Å². The Morgan fingerprint density at radius 2 is 1.56 bits per heavy atom. The van der Waals surface area contributed by atoms with E-state index in [1.165, 1.54) is 36.8 Å². The quantitative estimate of drug-likeness (QED) is 0.621. The van der Waals surface area contributed by atoms with Gasteiger partial charge in [0.25, 0.3) is 0 Å². The van der Waals surface area contributed by atoms with Gasteiger partial charge in [0, 0.05) is 6.42 Å². The molecule has 0 radical (unpaired) electrons. The van der Waals surface area contributed by atoms with E-state index < -0.39 is 0 Å². The Bertz CT molecular complexity index is 808. The molecule has 3 aromatic rings. The first kappa shape index (κ1) is 17.9. The van der Waals surface area contributed by atoms with E-state index in [9.17, 15) is 0 Å². The minimum Gasteiger partial charge on any atom is -0.338 e. The molecule has 4 nitrogen and oxygen atoms in total. The zero-order valence-electron chi connectivity index (χ0n) is 15.8. The average Bonchev–Trinajstić information content (AvgIpc) is 3.16. The van der Waals surface area contributed by atoms with Gasteiger partial charge in [-0.2, -0.15) is 4.98 Å². The van der Waals surface area contributed by atoms with Gasteiger partial charge in [0.15, 0.2) is 5.82 Å². The van der Waals surface area contributed by atoms with E-state index in [1.807, 2.05) is 18.2 Å². The maximum atomic E-state index is 5.47. The zero-order chi connectivity index (χ0) is 18.3. The minimum absolute atomic E-state index is 0.728. The van der Waals surface area contributed by atoms with Crippen LogP contribution in [0.1, 0.15) is 42.1 Å². The van der Waals surface area contributed by atoms with Crippen molar-refractivity contribution in [2.45, 2.75) is 38.6 Å². The fraction of sp³-hybridized carbons (Fsp3) is 0.391. The van der Waals surface area contributed by atoms with Crippen LogP contribution < -0.4 is 0 Å². The Morgan fingerprint density at radius 1 is 0.889 bits per heavy atom. The van der Waals surface area contributed by atoms with Crippen molar-refractivity contribution in [3.8, 4) is 0 Å². The number of likely N-dealkylation sites (tertiary alicyclic amines) is 1. The third-order valence-corrected chi connectivity index (χ3v) is 5.47. The molecule has 0 spiro atoms. The first-order chi connectivity index (χ1) is 13.3. The van der Waals surface area contributed by atoms with Crippen LogP contribution in [0.25, 0.3) is 0 Å². The second kappa shape index (κ2) is 8.96. The van der Waals surface area contributed by atoms with Crippen molar-refractivity contribution in [1.29, 1.82) is 0 Å². The van der Waals surface area contributed by atoms with Gasteiger partial charge < -0.3 is 4.52 Å². The van der Waals surface area contributed by atoms with E-state index in [4.69, 9.17) is 4.52 Å². The van der Waals surface area contributed by atoms with Crippen LogP contribution in [-0.2, 0) is 19.4 Å². The number of nitrogens with zero attached hydrogens (tertiary/aromatic N) is 3. The molecule has 0 atom stereocenters. The third-order valence-electron chi connectivity index (χ3n) is 5.47. The van der Waals surface area contributed by atoms with Gasteiger partial charge in [-0.3, -0.25) is 4.90 Å². The van der Waals surface area contributed by atoms with Crippen molar-refractivity contribution in [2.75, 3.05) is 13.1 Å². The number of aryl methyl sites for hydroxylation is 1. The largest absolute Gasteiger partial charge is 0.338 e. The summed E-state index contributed by atoms with van der Waals surface area (Å²) < 4.78 is 5.47. The first-order valence-corrected chi connectivity index (χ1v) is 9.97. The van der Waals surface area contributed by atoms with Crippen LogP contribution in [0, 0.1) is 5.92 Å². The fourth-order valence-electron chi connectivity index (χ4n) is 3.84. The minimum atomic E-state index is 0.728. The Morgan fingerprint density at radius 3 is 2.26 bits per heavy atom. The molecule has 4 heteroatoms. The van der Waals surface area contributed by atoms with Crippen LogP contribution in [-0.4, -0.2) is 28.1 Å². The maximum absolute atomic E-state index is 5.47. The normalized spacial score (nSPS) is 15.9. The summed E-state index contributed by atoms with van der Waals surface area (Å²) in [6.07, 6.45) is 5.74. The average molecular weight is 361 g/mol. The second-order valence-corrected chi connectivity index (χ2v) is 7.51. The number of piperidine rings is 1. The van der Waals surface area contributed by atoms with Crippen molar-refractivity contribution < 1.29 is 4.52 Å². The molecule has 1 aromatic heterocycles. The molecule has 0 saturated carbocycles. The molecule has 1 saturated heterocycles. The lowest BCUT2D eigenvalue weighted by molar-refractivity contribution is 0.155. The highest BCUT2D eigenvalue weighted by molar-refractivity contribution is 5.18. The summed E-state index contributed by atoms with van der Waals surface area (Å²) in [5.41, 5.74) is 2.67. The molecular formula is C23H27N3O. The van der Waals surface area contributed by atoms with Gasteiger partial charge in [-0.1, -0.05) is 65.8 Å². The van der Waals surface area contributed by atoms with E-state index in [0.29, 0.717) is 0 Å². The molecule has 27 heavy (non-hydrogen) atoms. The lowest BCUT2D eigenvalue weighted by Gasteiger charge is -2.30. The molecule has 4 rings (SSSR count). The molecule has 0 N–H and O–H groups in total. The lowest BCUT2D eigenvalue weighted by atomic mass is 9.90. The molecule has 2 heterocycles. The van der Waals surface area contributed by atoms with Gasteiger partial charge in [-0.05, 0) is 55.8 Å². The number of hydrogen-bond acceptors (Lipinski definition) is 4. The van der Waals surface area contributed by atoms with Gasteiger partial charge in [0.2, 0.25) is 5.89 Å². The third kappa shape index (κ3) is 5.27. The van der Waals surface area contributed by atoms with Gasteiger partial charge in [-0.25, -0.2) is 0 Å². The summed E-state index contributed by atoms with van der Waals surface area (Å²) in [6.45, 7) is 3.01. The summed E-state index contributed by atoms with van der Waals surface area (Å²) >= 11 is 0. The summed E-state index contributed by atoms with van der Waals surface area (Å²) in [5, 5.41) is 4.14. The van der Waals surface area contributed by atoms with Gasteiger partial charge in [0.1, 0.15) is 0 Å². The number of aromatic nitrogens is 2. The van der Waals surface area contributed by atoms with Gasteiger partial charge >= 0.3 is 0 Å². The molecule has 1 fully saturated rings. The Balaban J connectivity index is 1.21. The second-order valence-electron chi connectivity index (χ2n) is 7.51. The summed E-state index contributed by atoms with van der Waals surface area (Å²) in [7, 11) is 0. The van der Waals surface area contributed by atoms with Crippen molar-refractivity contribution in [2.24, 2.45) is 5.92 Å². The van der Waals surface area contributed by atoms with Gasteiger partial charge in [0.05, 0.1) is 6.54 Å². The highest BCUT2D eigenvalue weighted by atomic mass is 16.5. The summed E-state index contributed by atoms with van der Waals surface area (Å²) in [4.78, 5) is 7.02. The van der Waals surface area contributed by atoms with Crippen molar-refractivity contribution in [3.05, 3.63) is 83.5 Å². The van der Waals surface area contributed by atoms with E-state index >= 15 is 0 Å². The molecule has 0 aliphatic carbocycles. The predicted octanol–water partition coefficient (Wildman–Crippen LogP) is 4.51. The molecule has 1 aliphatic rings. The van der Waals surface area contributed by atoms with Crippen molar-refractivity contribution in [3.63, 3.8) is 0 Å². The zero-order valence-corrected chi connectivity index (χ0v) is 15.8. The maximum Gasteiger partial charge on any atom is 0.240 e. The van der Waals surface area contributed by atoms with Crippen LogP contribution in [0.2, 0.25) is 0 Å². The van der Waals surface area contributed by atoms with Crippen LogP contribution in [0.3, 0.4) is 0 Å². The lowest BCUT2D eigenvalue weighted by Crippen LogP contribution is -2.33. The molecule has 1 aliphatic heterocycles. The van der Waals surface area contributed by atoms with Crippen LogP contribution >= 0.6 is 0 Å². The number of rotatable bonds is 7. The molecule has 0 unspecified atom stereocenters. The summed E-state index contributed by atoms with van der Waals surface area (Å²) in [5.74, 6) is 2.34. The van der Waals surface area contributed by atoms with Crippen molar-refractivity contribution >= 4 is 0 Å². The standard InChI is InChI=1S/C23H27N3O/c1-3-7-19(8-4-1)11-12-20-13-15-26(16-14-20)18-23-24-22(25-27-23)17-21-9-5-2-6-10-21/h1-10,20H,11-18H2. The van der Waals surface area contributed by atoms with E-state index in [-0.39, 0.29) is 0 Å². The number of hydrogen-bond donors (Lipinski definition) is 0. The first-order valence-electron chi connectivity index (χ1n) is 9.97. The topological polar surface area (TPSA) is 42.2 Å². The van der Waals surface area contributed by atoms with Crippen LogP contribution in [0.15, 0.2) is 65.2 Å². The van der Waals surface area contributed by atoms with Crippen molar-refractivity contribution in [1.82, 2.24) is 15.0 Å². The molecular weight excluding hydrogens is 334 g/mol. The SMILES string of the molecule is c1ccc(CCC2CCN(Cc3nc(Cc4ccccc4)no3)CC2)cc1. The number of benzene rings is 2. The smallest absolute Gasteiger partial charge is 0.240 e. The van der Waals surface area contributed by atoms with E-state index in [2.05, 4.69) is 57.5 Å². The summed E-state index contributed by atoms with van der Waals surface area (Å²) in [6, 6.07) is 21.1. The fourth-order valence-corrected chi connectivity index (χ4v) is 3.84. The molecule has 0 amide bonds. The van der Waals surface area contributed by atoms with E-state index in [1.54, 1.807) is 0 Å². The highest BCUT2D eigenvalue weighted by Crippen LogP contribution is 2.23. The highest BCUT2D eigenvalue weighted by Gasteiger charge is 2.21. The molecule has 0 bridgehead atoms. The predicted molar refractivity (Wildman–Crippen MR) is 106 cm³/mol. The molecule has 140 valence electrons. The van der Waals surface area contributed by atoms with Crippen LogP contribution in [0.5, 0.6) is 0 Å². The Hall–Kier alpha value is -2.46. The Labute approximate surface area is 161 Å². The van der Waals surface area contributed by atoms with Crippen LogP contribution in [0.4, 0.5) is 0 Å². The monoisotopic (exact) mass is 361 g/mol. The Kier molecular flexibility index (Phi) is 5.95. The van der Waals surface area contributed by atoms with Gasteiger partial charge in [-0.15, -0.1) is 0 Å².